The zero-order valence-corrected chi connectivity index (χ0v) is 10.7. The number of unbranched alkanes of at least 4 members (excludes halogenated alkanes) is 7. The van der Waals surface area contributed by atoms with Crippen LogP contribution >= 0.6 is 12.6 Å². The molecular weight excluding hydrogens is 192 g/mol. The SMILES string of the molecule is CCCCCCCCCCC(C)(O)S. The first-order chi connectivity index (χ1) is 6.56. The van der Waals surface area contributed by atoms with Gasteiger partial charge in [-0.15, -0.1) is 12.6 Å². The van der Waals surface area contributed by atoms with E-state index in [1.54, 1.807) is 6.92 Å². The average molecular weight is 218 g/mol. The standard InChI is InChI=1S/C12H26OS/c1-3-4-5-6-7-8-9-10-11-12(2,13)14/h13-14H,3-11H2,1-2H3. The van der Waals surface area contributed by atoms with Gasteiger partial charge < -0.3 is 5.11 Å². The number of rotatable bonds is 9. The molecule has 0 saturated heterocycles. The van der Waals surface area contributed by atoms with Crippen molar-refractivity contribution in [3.05, 3.63) is 0 Å². The lowest BCUT2D eigenvalue weighted by Crippen LogP contribution is -2.14. The van der Waals surface area contributed by atoms with Crippen LogP contribution in [0.1, 0.15) is 71.6 Å². The van der Waals surface area contributed by atoms with Gasteiger partial charge in [-0.25, -0.2) is 0 Å². The monoisotopic (exact) mass is 218 g/mol. The molecule has 0 bridgehead atoms. The molecule has 0 amide bonds. The van der Waals surface area contributed by atoms with Crippen molar-refractivity contribution in [2.75, 3.05) is 0 Å². The molecular formula is C12H26OS. The molecule has 1 nitrogen and oxygen atoms in total. The van der Waals surface area contributed by atoms with Crippen molar-refractivity contribution in [1.29, 1.82) is 0 Å². The van der Waals surface area contributed by atoms with E-state index in [0.29, 0.717) is 0 Å². The fourth-order valence-electron chi connectivity index (χ4n) is 1.59. The van der Waals surface area contributed by atoms with E-state index in [9.17, 15) is 5.11 Å². The van der Waals surface area contributed by atoms with Gasteiger partial charge in [-0.3, -0.25) is 0 Å². The van der Waals surface area contributed by atoms with Crippen LogP contribution in [0.25, 0.3) is 0 Å². The van der Waals surface area contributed by atoms with Gasteiger partial charge in [0, 0.05) is 0 Å². The van der Waals surface area contributed by atoms with Crippen molar-refractivity contribution < 1.29 is 5.11 Å². The second-order valence-electron chi connectivity index (χ2n) is 4.44. The molecule has 0 spiro atoms. The van der Waals surface area contributed by atoms with Crippen molar-refractivity contribution >= 4 is 12.6 Å². The molecule has 86 valence electrons. The first-order valence-corrected chi connectivity index (χ1v) is 6.46. The Morgan fingerprint density at radius 2 is 1.36 bits per heavy atom. The van der Waals surface area contributed by atoms with E-state index in [-0.39, 0.29) is 0 Å². The van der Waals surface area contributed by atoms with Crippen LogP contribution in [0.5, 0.6) is 0 Å². The predicted octanol–water partition coefficient (Wildman–Crippen LogP) is 4.16. The molecule has 0 aliphatic carbocycles. The topological polar surface area (TPSA) is 20.2 Å². The molecule has 1 unspecified atom stereocenters. The highest BCUT2D eigenvalue weighted by Crippen LogP contribution is 2.18. The lowest BCUT2D eigenvalue weighted by Gasteiger charge is -2.15. The summed E-state index contributed by atoms with van der Waals surface area (Å²) in [6, 6.07) is 0. The lowest BCUT2D eigenvalue weighted by molar-refractivity contribution is 0.146. The van der Waals surface area contributed by atoms with Crippen molar-refractivity contribution in [3.8, 4) is 0 Å². The van der Waals surface area contributed by atoms with Crippen molar-refractivity contribution in [2.45, 2.75) is 76.6 Å². The summed E-state index contributed by atoms with van der Waals surface area (Å²) in [6.45, 7) is 4.01. The zero-order chi connectivity index (χ0) is 10.9. The summed E-state index contributed by atoms with van der Waals surface area (Å²) in [4.78, 5) is -0.762. The Hall–Kier alpha value is 0.310. The van der Waals surface area contributed by atoms with Gasteiger partial charge in [0.05, 0.1) is 0 Å². The highest BCUT2D eigenvalue weighted by molar-refractivity contribution is 7.81. The Bertz CT molecular complexity index is 118. The lowest BCUT2D eigenvalue weighted by atomic mass is 10.1. The first kappa shape index (κ1) is 14.3. The minimum atomic E-state index is -0.762. The van der Waals surface area contributed by atoms with E-state index >= 15 is 0 Å². The molecule has 0 aromatic rings. The van der Waals surface area contributed by atoms with Crippen LogP contribution in [0.2, 0.25) is 0 Å². The van der Waals surface area contributed by atoms with E-state index in [1.165, 1.54) is 44.9 Å². The molecule has 0 aliphatic heterocycles. The molecule has 0 radical (unpaired) electrons. The second-order valence-corrected chi connectivity index (χ2v) is 5.41. The van der Waals surface area contributed by atoms with Gasteiger partial charge >= 0.3 is 0 Å². The summed E-state index contributed by atoms with van der Waals surface area (Å²) in [6.07, 6.45) is 11.3. The Morgan fingerprint density at radius 1 is 0.929 bits per heavy atom. The van der Waals surface area contributed by atoms with Gasteiger partial charge in [0.15, 0.2) is 0 Å². The Morgan fingerprint density at radius 3 is 1.79 bits per heavy atom. The molecule has 0 aliphatic rings. The van der Waals surface area contributed by atoms with Crippen LogP contribution in [0, 0.1) is 0 Å². The third kappa shape index (κ3) is 12.3. The minimum Gasteiger partial charge on any atom is -0.380 e. The fraction of sp³-hybridized carbons (Fsp3) is 1.00. The maximum Gasteiger partial charge on any atom is 0.104 e. The largest absolute Gasteiger partial charge is 0.380 e. The summed E-state index contributed by atoms with van der Waals surface area (Å²) >= 11 is 4.08. The van der Waals surface area contributed by atoms with Crippen molar-refractivity contribution in [1.82, 2.24) is 0 Å². The average Bonchev–Trinajstić information content (AvgIpc) is 2.08. The molecule has 0 rings (SSSR count). The Labute approximate surface area is 94.7 Å². The Kier molecular flexibility index (Phi) is 8.80. The molecule has 0 saturated carbocycles. The van der Waals surface area contributed by atoms with Crippen LogP contribution in [0.15, 0.2) is 0 Å². The third-order valence-electron chi connectivity index (χ3n) is 2.50. The van der Waals surface area contributed by atoms with Crippen molar-refractivity contribution in [2.24, 2.45) is 0 Å². The summed E-state index contributed by atoms with van der Waals surface area (Å²) < 4.78 is 0. The minimum absolute atomic E-state index is 0.762. The summed E-state index contributed by atoms with van der Waals surface area (Å²) in [5, 5.41) is 9.35. The second kappa shape index (κ2) is 8.60. The predicted molar refractivity (Wildman–Crippen MR) is 66.8 cm³/mol. The van der Waals surface area contributed by atoms with E-state index in [2.05, 4.69) is 19.6 Å². The summed E-state index contributed by atoms with van der Waals surface area (Å²) in [7, 11) is 0. The smallest absolute Gasteiger partial charge is 0.104 e. The zero-order valence-electron chi connectivity index (χ0n) is 9.76. The van der Waals surface area contributed by atoms with Gasteiger partial charge in [-0.1, -0.05) is 51.9 Å². The maximum absolute atomic E-state index is 9.35. The quantitative estimate of drug-likeness (QED) is 0.338. The van der Waals surface area contributed by atoms with Gasteiger partial charge in [-0.2, -0.15) is 0 Å². The van der Waals surface area contributed by atoms with Crippen LogP contribution in [0.4, 0.5) is 0 Å². The number of aliphatic hydroxyl groups is 1. The highest BCUT2D eigenvalue weighted by Gasteiger charge is 2.11. The highest BCUT2D eigenvalue weighted by atomic mass is 32.1. The van der Waals surface area contributed by atoms with Gasteiger partial charge in [0.1, 0.15) is 4.93 Å². The van der Waals surface area contributed by atoms with Crippen LogP contribution in [-0.2, 0) is 0 Å². The maximum atomic E-state index is 9.35. The van der Waals surface area contributed by atoms with Gasteiger partial charge in [0.25, 0.3) is 0 Å². The van der Waals surface area contributed by atoms with Gasteiger partial charge in [-0.05, 0) is 19.8 Å². The summed E-state index contributed by atoms with van der Waals surface area (Å²) in [5.41, 5.74) is 0. The van der Waals surface area contributed by atoms with Crippen LogP contribution in [0.3, 0.4) is 0 Å². The van der Waals surface area contributed by atoms with E-state index in [1.807, 2.05) is 0 Å². The molecule has 1 atom stereocenters. The normalized spacial score (nSPS) is 15.4. The number of hydrogen-bond donors (Lipinski definition) is 2. The Balaban J connectivity index is 2.99. The van der Waals surface area contributed by atoms with Crippen LogP contribution < -0.4 is 0 Å². The molecule has 0 aromatic carbocycles. The molecule has 0 fully saturated rings. The number of hydrogen-bond acceptors (Lipinski definition) is 2. The van der Waals surface area contributed by atoms with E-state index < -0.39 is 4.93 Å². The summed E-state index contributed by atoms with van der Waals surface area (Å²) in [5.74, 6) is 0. The van der Waals surface area contributed by atoms with Crippen LogP contribution in [-0.4, -0.2) is 10.0 Å². The van der Waals surface area contributed by atoms with E-state index in [0.717, 1.165) is 12.8 Å². The molecule has 14 heavy (non-hydrogen) atoms. The molecule has 0 heterocycles. The number of thiol groups is 1. The van der Waals surface area contributed by atoms with Gasteiger partial charge in [0.2, 0.25) is 0 Å². The van der Waals surface area contributed by atoms with E-state index in [4.69, 9.17) is 0 Å². The third-order valence-corrected chi connectivity index (χ3v) is 2.73. The molecule has 1 N–H and O–H groups in total. The fourth-order valence-corrected chi connectivity index (χ4v) is 1.75. The first-order valence-electron chi connectivity index (χ1n) is 6.01. The molecule has 0 aromatic heterocycles. The van der Waals surface area contributed by atoms with Crippen molar-refractivity contribution in [3.63, 3.8) is 0 Å². The molecule has 2 heteroatoms.